The zero-order chi connectivity index (χ0) is 20.5. The van der Waals surface area contributed by atoms with Crippen molar-refractivity contribution in [3.8, 4) is 22.8 Å². The van der Waals surface area contributed by atoms with Gasteiger partial charge in [0.05, 0.1) is 25.6 Å². The number of aromatic nitrogens is 3. The van der Waals surface area contributed by atoms with Crippen LogP contribution in [0.15, 0.2) is 41.9 Å². The molecule has 0 atom stereocenters. The number of thiazole rings is 1. The Morgan fingerprint density at radius 2 is 1.93 bits per heavy atom. The molecule has 8 heteroatoms. The summed E-state index contributed by atoms with van der Waals surface area (Å²) in [6, 6.07) is 9.40. The van der Waals surface area contributed by atoms with Crippen LogP contribution in [-0.4, -0.2) is 34.5 Å². The summed E-state index contributed by atoms with van der Waals surface area (Å²) in [6.07, 6.45) is 1.86. The molecule has 0 saturated heterocycles. The van der Waals surface area contributed by atoms with E-state index in [4.69, 9.17) is 9.47 Å². The lowest BCUT2D eigenvalue weighted by Gasteiger charge is -2.08. The maximum absolute atomic E-state index is 12.9. The van der Waals surface area contributed by atoms with Gasteiger partial charge in [-0.15, -0.1) is 11.3 Å². The number of carbonyl (C=O) groups is 1. The van der Waals surface area contributed by atoms with Crippen LogP contribution in [-0.2, 0) is 0 Å². The number of benzene rings is 1. The van der Waals surface area contributed by atoms with Gasteiger partial charge in [0.15, 0.2) is 5.13 Å². The summed E-state index contributed by atoms with van der Waals surface area (Å²) in [5.41, 5.74) is 4.49. The SMILES string of the molecule is COc1ccc(OC)c(-c2csc(NC(=O)c3c(C)nc4cc(C)ccn34)n2)c1. The standard InChI is InChI=1S/C21H20N4O3S/c1-12-7-8-25-18(9-12)22-13(2)19(25)20(26)24-21-23-16(11-29-21)15-10-14(27-3)5-6-17(15)28-4/h5-11H,1-4H3,(H,23,24,26). The molecular weight excluding hydrogens is 388 g/mol. The van der Waals surface area contributed by atoms with Gasteiger partial charge in [0.1, 0.15) is 22.8 Å². The summed E-state index contributed by atoms with van der Waals surface area (Å²) in [5, 5.41) is 5.25. The molecule has 0 radical (unpaired) electrons. The molecule has 148 valence electrons. The van der Waals surface area contributed by atoms with E-state index in [2.05, 4.69) is 15.3 Å². The van der Waals surface area contributed by atoms with Crippen LogP contribution in [0.3, 0.4) is 0 Å². The van der Waals surface area contributed by atoms with Crippen LogP contribution in [0.4, 0.5) is 5.13 Å². The number of carbonyl (C=O) groups excluding carboxylic acids is 1. The van der Waals surface area contributed by atoms with Gasteiger partial charge in [0.2, 0.25) is 0 Å². The first kappa shape index (κ1) is 18.9. The highest BCUT2D eigenvalue weighted by Gasteiger charge is 2.19. The summed E-state index contributed by atoms with van der Waals surface area (Å²) >= 11 is 1.35. The number of hydrogen-bond acceptors (Lipinski definition) is 6. The molecule has 0 fully saturated rings. The van der Waals surface area contributed by atoms with Crippen LogP contribution < -0.4 is 14.8 Å². The Bertz CT molecular complexity index is 1210. The Morgan fingerprint density at radius 1 is 1.10 bits per heavy atom. The molecule has 0 bridgehead atoms. The second-order valence-electron chi connectivity index (χ2n) is 6.54. The largest absolute Gasteiger partial charge is 0.497 e. The molecule has 4 rings (SSSR count). The molecule has 1 N–H and O–H groups in total. The minimum Gasteiger partial charge on any atom is -0.497 e. The molecule has 0 spiro atoms. The summed E-state index contributed by atoms with van der Waals surface area (Å²) < 4.78 is 12.5. The van der Waals surface area contributed by atoms with E-state index in [0.717, 1.165) is 16.8 Å². The van der Waals surface area contributed by atoms with Gasteiger partial charge in [-0.1, -0.05) is 0 Å². The minimum absolute atomic E-state index is 0.252. The lowest BCUT2D eigenvalue weighted by molar-refractivity contribution is 0.102. The van der Waals surface area contributed by atoms with Crippen LogP contribution in [0.2, 0.25) is 0 Å². The number of methoxy groups -OCH3 is 2. The highest BCUT2D eigenvalue weighted by atomic mass is 32.1. The molecule has 4 aromatic rings. The lowest BCUT2D eigenvalue weighted by Crippen LogP contribution is -2.15. The molecule has 1 aromatic carbocycles. The van der Waals surface area contributed by atoms with Gasteiger partial charge in [0, 0.05) is 17.1 Å². The number of rotatable bonds is 5. The summed E-state index contributed by atoms with van der Waals surface area (Å²) in [6.45, 7) is 3.82. The molecule has 3 aromatic heterocycles. The first-order valence-corrected chi connectivity index (χ1v) is 9.82. The monoisotopic (exact) mass is 408 g/mol. The van der Waals surface area contributed by atoms with Gasteiger partial charge in [0.25, 0.3) is 5.91 Å². The van der Waals surface area contributed by atoms with Gasteiger partial charge in [-0.3, -0.25) is 14.5 Å². The second kappa shape index (κ2) is 7.56. The smallest absolute Gasteiger partial charge is 0.276 e. The molecule has 0 saturated carbocycles. The van der Waals surface area contributed by atoms with Gasteiger partial charge in [-0.05, 0) is 49.7 Å². The fourth-order valence-electron chi connectivity index (χ4n) is 3.16. The number of nitrogens with zero attached hydrogens (tertiary/aromatic N) is 3. The van der Waals surface area contributed by atoms with E-state index in [0.29, 0.717) is 33.7 Å². The predicted octanol–water partition coefficient (Wildman–Crippen LogP) is 4.34. The van der Waals surface area contributed by atoms with Crippen LogP contribution in [0.5, 0.6) is 11.5 Å². The van der Waals surface area contributed by atoms with Gasteiger partial charge in [-0.2, -0.15) is 0 Å². The van der Waals surface area contributed by atoms with E-state index < -0.39 is 0 Å². The number of pyridine rings is 1. The average molecular weight is 408 g/mol. The first-order valence-electron chi connectivity index (χ1n) is 8.94. The van der Waals surface area contributed by atoms with Crippen molar-refractivity contribution in [1.29, 1.82) is 0 Å². The number of nitrogens with one attached hydrogen (secondary N) is 1. The van der Waals surface area contributed by atoms with Crippen molar-refractivity contribution in [3.05, 3.63) is 58.9 Å². The van der Waals surface area contributed by atoms with Crippen LogP contribution in [0, 0.1) is 13.8 Å². The van der Waals surface area contributed by atoms with Gasteiger partial charge >= 0.3 is 0 Å². The minimum atomic E-state index is -0.252. The predicted molar refractivity (Wildman–Crippen MR) is 113 cm³/mol. The average Bonchev–Trinajstić information content (AvgIpc) is 3.30. The molecule has 3 heterocycles. The maximum atomic E-state index is 12.9. The number of imidazole rings is 1. The van der Waals surface area contributed by atoms with E-state index in [-0.39, 0.29) is 5.91 Å². The Hall–Kier alpha value is -3.39. The van der Waals surface area contributed by atoms with E-state index in [1.54, 1.807) is 18.6 Å². The van der Waals surface area contributed by atoms with Crippen LogP contribution in [0.1, 0.15) is 21.7 Å². The number of fused-ring (bicyclic) bond motifs is 1. The Kier molecular flexibility index (Phi) is 4.94. The number of anilines is 1. The quantitative estimate of drug-likeness (QED) is 0.531. The normalized spacial score (nSPS) is 10.9. The molecule has 0 aliphatic heterocycles. The Morgan fingerprint density at radius 3 is 2.69 bits per heavy atom. The van der Waals surface area contributed by atoms with Crippen molar-refractivity contribution >= 4 is 28.0 Å². The molecule has 1 amide bonds. The van der Waals surface area contributed by atoms with Crippen LogP contribution in [0.25, 0.3) is 16.9 Å². The molecule has 0 aliphatic carbocycles. The topological polar surface area (TPSA) is 77.8 Å². The lowest BCUT2D eigenvalue weighted by atomic mass is 10.1. The number of amides is 1. The number of ether oxygens (including phenoxy) is 2. The molecule has 0 unspecified atom stereocenters. The Balaban J connectivity index is 1.64. The van der Waals surface area contributed by atoms with Crippen molar-refractivity contribution in [2.45, 2.75) is 13.8 Å². The number of hydrogen-bond donors (Lipinski definition) is 1. The van der Waals surface area contributed by atoms with E-state index in [9.17, 15) is 4.79 Å². The maximum Gasteiger partial charge on any atom is 0.276 e. The van der Waals surface area contributed by atoms with Crippen molar-refractivity contribution < 1.29 is 14.3 Å². The highest BCUT2D eigenvalue weighted by Crippen LogP contribution is 2.35. The van der Waals surface area contributed by atoms with Gasteiger partial charge in [-0.25, -0.2) is 9.97 Å². The highest BCUT2D eigenvalue weighted by molar-refractivity contribution is 7.14. The Labute approximate surface area is 172 Å². The zero-order valence-electron chi connectivity index (χ0n) is 16.5. The molecular formula is C21H20N4O3S. The van der Waals surface area contributed by atoms with Crippen molar-refractivity contribution in [2.75, 3.05) is 19.5 Å². The summed E-state index contributed by atoms with van der Waals surface area (Å²) in [7, 11) is 3.22. The van der Waals surface area contributed by atoms with E-state index in [1.807, 2.05) is 55.8 Å². The fourth-order valence-corrected chi connectivity index (χ4v) is 3.87. The molecule has 0 aliphatic rings. The van der Waals surface area contributed by atoms with Crippen molar-refractivity contribution in [2.24, 2.45) is 0 Å². The summed E-state index contributed by atoms with van der Waals surface area (Å²) in [4.78, 5) is 22.0. The zero-order valence-corrected chi connectivity index (χ0v) is 17.3. The van der Waals surface area contributed by atoms with Crippen molar-refractivity contribution in [3.63, 3.8) is 0 Å². The van der Waals surface area contributed by atoms with Gasteiger partial charge < -0.3 is 9.47 Å². The summed E-state index contributed by atoms with van der Waals surface area (Å²) in [5.74, 6) is 1.13. The van der Waals surface area contributed by atoms with E-state index in [1.165, 1.54) is 11.3 Å². The van der Waals surface area contributed by atoms with E-state index >= 15 is 0 Å². The third kappa shape index (κ3) is 3.54. The van der Waals surface area contributed by atoms with Crippen LogP contribution >= 0.6 is 11.3 Å². The third-order valence-corrected chi connectivity index (χ3v) is 5.34. The molecule has 29 heavy (non-hydrogen) atoms. The van der Waals surface area contributed by atoms with Crippen molar-refractivity contribution in [1.82, 2.24) is 14.4 Å². The first-order chi connectivity index (χ1) is 14.0. The second-order valence-corrected chi connectivity index (χ2v) is 7.39. The third-order valence-electron chi connectivity index (χ3n) is 4.58. The number of aryl methyl sites for hydroxylation is 2. The molecule has 7 nitrogen and oxygen atoms in total. The fraction of sp³-hybridized carbons (Fsp3) is 0.190.